The molecule has 1 N–H and O–H groups in total. The first-order chi connectivity index (χ1) is 10.5. The molecule has 1 aromatic heterocycles. The van der Waals surface area contributed by atoms with Crippen LogP contribution in [0.25, 0.3) is 0 Å². The molecule has 0 atom stereocenters. The normalized spacial score (nSPS) is 10.1. The Kier molecular flexibility index (Phi) is 5.11. The summed E-state index contributed by atoms with van der Waals surface area (Å²) in [5, 5.41) is 4.82. The van der Waals surface area contributed by atoms with Crippen molar-refractivity contribution in [2.75, 3.05) is 24.3 Å². The number of ether oxygens (including phenoxy) is 1. The minimum Gasteiger partial charge on any atom is -0.456 e. The van der Waals surface area contributed by atoms with E-state index < -0.39 is 5.97 Å². The topological polar surface area (TPSA) is 71.5 Å². The lowest BCUT2D eigenvalue weighted by molar-refractivity contribution is -0.114. The molecule has 1 amide bonds. The van der Waals surface area contributed by atoms with Crippen LogP contribution >= 0.6 is 11.3 Å². The van der Waals surface area contributed by atoms with Crippen LogP contribution in [0.4, 0.5) is 10.8 Å². The zero-order chi connectivity index (χ0) is 16.1. The summed E-state index contributed by atoms with van der Waals surface area (Å²) in [6.45, 7) is 1.49. The molecule has 1 heterocycles. The number of carbonyl (C=O) groups excluding carboxylic acids is 2. The van der Waals surface area contributed by atoms with Crippen LogP contribution in [0, 0.1) is 0 Å². The number of rotatable bonds is 5. The van der Waals surface area contributed by atoms with Crippen LogP contribution in [0.5, 0.6) is 0 Å². The van der Waals surface area contributed by atoms with Gasteiger partial charge < -0.3 is 15.0 Å². The maximum Gasteiger partial charge on any atom is 0.338 e. The maximum atomic E-state index is 12.0. The average molecular weight is 319 g/mol. The second-order valence-corrected chi connectivity index (χ2v) is 5.70. The van der Waals surface area contributed by atoms with Crippen LogP contribution < -0.4 is 10.2 Å². The molecular formula is C15H17N3O3S. The van der Waals surface area contributed by atoms with Crippen molar-refractivity contribution < 1.29 is 14.3 Å². The second kappa shape index (κ2) is 7.04. The van der Waals surface area contributed by atoms with Gasteiger partial charge in [-0.25, -0.2) is 9.78 Å². The molecule has 6 nitrogen and oxygen atoms in total. The first-order valence-corrected chi connectivity index (χ1v) is 7.50. The van der Waals surface area contributed by atoms with Crippen molar-refractivity contribution in [3.05, 3.63) is 40.9 Å². The Labute approximate surface area is 132 Å². The first-order valence-electron chi connectivity index (χ1n) is 6.62. The average Bonchev–Trinajstić information content (AvgIpc) is 2.91. The van der Waals surface area contributed by atoms with E-state index in [1.807, 2.05) is 31.1 Å². The van der Waals surface area contributed by atoms with Crippen LogP contribution in [-0.2, 0) is 16.1 Å². The number of hydrogen-bond donors (Lipinski definition) is 1. The maximum absolute atomic E-state index is 12.0. The summed E-state index contributed by atoms with van der Waals surface area (Å²) in [6.07, 6.45) is 0. The smallest absolute Gasteiger partial charge is 0.338 e. The molecule has 0 unspecified atom stereocenters. The third-order valence-electron chi connectivity index (χ3n) is 2.81. The summed E-state index contributed by atoms with van der Waals surface area (Å²) in [4.78, 5) is 29.0. The van der Waals surface area contributed by atoms with Gasteiger partial charge in [0.25, 0.3) is 0 Å². The van der Waals surface area contributed by atoms with E-state index >= 15 is 0 Å². The molecule has 0 radical (unpaired) electrons. The molecule has 0 aliphatic rings. The van der Waals surface area contributed by atoms with Gasteiger partial charge in [0.2, 0.25) is 5.91 Å². The van der Waals surface area contributed by atoms with E-state index in [1.54, 1.807) is 17.5 Å². The molecule has 0 saturated carbocycles. The van der Waals surface area contributed by atoms with E-state index in [-0.39, 0.29) is 12.5 Å². The minimum absolute atomic E-state index is 0.0738. The monoisotopic (exact) mass is 319 g/mol. The van der Waals surface area contributed by atoms with Gasteiger partial charge >= 0.3 is 5.97 Å². The van der Waals surface area contributed by atoms with Crippen molar-refractivity contribution in [1.82, 2.24) is 4.98 Å². The van der Waals surface area contributed by atoms with Gasteiger partial charge in [-0.05, 0) is 24.3 Å². The largest absolute Gasteiger partial charge is 0.456 e. The number of nitrogens with one attached hydrogen (secondary N) is 1. The van der Waals surface area contributed by atoms with Gasteiger partial charge in [0, 0.05) is 32.1 Å². The fraction of sp³-hybridized carbons (Fsp3) is 0.267. The minimum atomic E-state index is -0.403. The molecular weight excluding hydrogens is 302 g/mol. The van der Waals surface area contributed by atoms with Gasteiger partial charge in [0.05, 0.1) is 11.3 Å². The third kappa shape index (κ3) is 4.29. The van der Waals surface area contributed by atoms with E-state index in [2.05, 4.69) is 10.3 Å². The molecule has 0 saturated heterocycles. The SMILES string of the molecule is CC(=O)Nc1nc(COC(=O)c2ccc(N(C)C)cc2)cs1. The standard InChI is InChI=1S/C15H17N3O3S/c1-10(19)16-15-17-12(9-22-15)8-21-14(20)11-4-6-13(7-5-11)18(2)3/h4-7,9H,8H2,1-3H3,(H,16,17,19). The Morgan fingerprint density at radius 1 is 1.27 bits per heavy atom. The molecule has 22 heavy (non-hydrogen) atoms. The summed E-state index contributed by atoms with van der Waals surface area (Å²) in [7, 11) is 3.87. The number of benzene rings is 1. The van der Waals surface area contributed by atoms with E-state index in [0.29, 0.717) is 16.4 Å². The number of carbonyl (C=O) groups is 2. The summed E-state index contributed by atoms with van der Waals surface area (Å²) in [6, 6.07) is 7.16. The van der Waals surface area contributed by atoms with Crippen molar-refractivity contribution >= 4 is 34.0 Å². The first kappa shape index (κ1) is 16.0. The van der Waals surface area contributed by atoms with Gasteiger partial charge in [-0.2, -0.15) is 0 Å². The highest BCUT2D eigenvalue weighted by Gasteiger charge is 2.10. The van der Waals surface area contributed by atoms with Crippen LogP contribution in [0.15, 0.2) is 29.6 Å². The predicted octanol–water partition coefficient (Wildman–Crippen LogP) is 2.52. The van der Waals surface area contributed by atoms with Gasteiger partial charge in [-0.1, -0.05) is 0 Å². The molecule has 0 bridgehead atoms. The number of thiazole rings is 1. The van der Waals surface area contributed by atoms with E-state index in [0.717, 1.165) is 5.69 Å². The summed E-state index contributed by atoms with van der Waals surface area (Å²) in [5.41, 5.74) is 2.10. The fourth-order valence-corrected chi connectivity index (χ4v) is 2.44. The van der Waals surface area contributed by atoms with Gasteiger partial charge in [-0.15, -0.1) is 11.3 Å². The lowest BCUT2D eigenvalue weighted by Gasteiger charge is -2.12. The summed E-state index contributed by atoms with van der Waals surface area (Å²) < 4.78 is 5.21. The highest BCUT2D eigenvalue weighted by molar-refractivity contribution is 7.13. The van der Waals surface area contributed by atoms with Gasteiger partial charge in [0.1, 0.15) is 6.61 Å². The van der Waals surface area contributed by atoms with Gasteiger partial charge in [-0.3, -0.25) is 4.79 Å². The van der Waals surface area contributed by atoms with Crippen molar-refractivity contribution in [3.63, 3.8) is 0 Å². The fourth-order valence-electron chi connectivity index (χ4n) is 1.70. The van der Waals surface area contributed by atoms with E-state index in [1.165, 1.54) is 18.3 Å². The lowest BCUT2D eigenvalue weighted by atomic mass is 10.2. The number of aromatic nitrogens is 1. The van der Waals surface area contributed by atoms with Crippen molar-refractivity contribution in [2.24, 2.45) is 0 Å². The Balaban J connectivity index is 1.92. The lowest BCUT2D eigenvalue weighted by Crippen LogP contribution is -2.10. The quantitative estimate of drug-likeness (QED) is 0.858. The number of anilines is 2. The molecule has 0 aliphatic carbocycles. The van der Waals surface area contributed by atoms with E-state index in [4.69, 9.17) is 4.74 Å². The summed E-state index contributed by atoms with van der Waals surface area (Å²) in [5.74, 6) is -0.585. The highest BCUT2D eigenvalue weighted by atomic mass is 32.1. The molecule has 7 heteroatoms. The number of esters is 1. The van der Waals surface area contributed by atoms with Crippen molar-refractivity contribution in [1.29, 1.82) is 0 Å². The van der Waals surface area contributed by atoms with Gasteiger partial charge in [0.15, 0.2) is 5.13 Å². The van der Waals surface area contributed by atoms with Crippen molar-refractivity contribution in [2.45, 2.75) is 13.5 Å². The Morgan fingerprint density at radius 2 is 1.95 bits per heavy atom. The van der Waals surface area contributed by atoms with Crippen LogP contribution in [-0.4, -0.2) is 31.0 Å². The van der Waals surface area contributed by atoms with Crippen molar-refractivity contribution in [3.8, 4) is 0 Å². The predicted molar refractivity (Wildman–Crippen MR) is 86.3 cm³/mol. The van der Waals surface area contributed by atoms with E-state index in [9.17, 15) is 9.59 Å². The second-order valence-electron chi connectivity index (χ2n) is 4.84. The van der Waals surface area contributed by atoms with Crippen LogP contribution in [0.3, 0.4) is 0 Å². The molecule has 0 spiro atoms. The molecule has 116 valence electrons. The molecule has 0 fully saturated rings. The number of amides is 1. The molecule has 2 aromatic rings. The Morgan fingerprint density at radius 3 is 2.55 bits per heavy atom. The molecule has 2 rings (SSSR count). The van der Waals surface area contributed by atoms with Crippen LogP contribution in [0.2, 0.25) is 0 Å². The highest BCUT2D eigenvalue weighted by Crippen LogP contribution is 2.17. The summed E-state index contributed by atoms with van der Waals surface area (Å²) >= 11 is 1.29. The Bertz CT molecular complexity index is 665. The third-order valence-corrected chi connectivity index (χ3v) is 3.61. The number of nitrogens with zero attached hydrogens (tertiary/aromatic N) is 2. The number of hydrogen-bond acceptors (Lipinski definition) is 6. The Hall–Kier alpha value is -2.41. The van der Waals surface area contributed by atoms with Crippen LogP contribution in [0.1, 0.15) is 23.0 Å². The zero-order valence-corrected chi connectivity index (χ0v) is 13.4. The zero-order valence-electron chi connectivity index (χ0n) is 12.6. The molecule has 1 aromatic carbocycles. The molecule has 0 aliphatic heterocycles.